The maximum Gasteiger partial charge on any atom is 0.271 e. The Balaban J connectivity index is 1.75. The molecule has 1 fully saturated rings. The van der Waals surface area contributed by atoms with Gasteiger partial charge >= 0.3 is 0 Å². The van der Waals surface area contributed by atoms with E-state index in [0.29, 0.717) is 23.8 Å². The molecule has 1 saturated heterocycles. The Morgan fingerprint density at radius 1 is 1.21 bits per heavy atom. The topological polar surface area (TPSA) is 88.7 Å². The number of rotatable bonds is 6. The van der Waals surface area contributed by atoms with E-state index in [4.69, 9.17) is 14.2 Å². The Bertz CT molecular complexity index is 1040. The van der Waals surface area contributed by atoms with E-state index in [1.165, 1.54) is 12.1 Å². The van der Waals surface area contributed by atoms with E-state index >= 15 is 0 Å². The minimum Gasteiger partial charge on any atom is -0.493 e. The summed E-state index contributed by atoms with van der Waals surface area (Å²) < 4.78 is 18.7. The van der Waals surface area contributed by atoms with Gasteiger partial charge in [-0.15, -0.1) is 0 Å². The Hall–Kier alpha value is -3.39. The van der Waals surface area contributed by atoms with Crippen LogP contribution in [0.2, 0.25) is 0 Å². The molecule has 0 amide bonds. The molecule has 0 bridgehead atoms. The number of hydrogen-bond acceptors (Lipinski definition) is 6. The second-order valence-corrected chi connectivity index (χ2v) is 6.79. The van der Waals surface area contributed by atoms with Crippen molar-refractivity contribution in [2.45, 2.75) is 26.1 Å². The lowest BCUT2D eigenvalue weighted by Gasteiger charge is -2.17. The number of benzene rings is 2. The van der Waals surface area contributed by atoms with Gasteiger partial charge in [-0.1, -0.05) is 6.07 Å². The molecule has 0 spiro atoms. The normalized spacial score (nSPS) is 16.0. The Morgan fingerprint density at radius 3 is 2.79 bits per heavy atom. The molecule has 0 N–H and O–H groups in total. The number of aryl methyl sites for hydroxylation is 1. The maximum absolute atomic E-state index is 11.2. The van der Waals surface area contributed by atoms with Gasteiger partial charge < -0.3 is 14.2 Å². The summed E-state index contributed by atoms with van der Waals surface area (Å²) in [7, 11) is 1.59. The van der Waals surface area contributed by atoms with Crippen LogP contribution < -0.4 is 9.47 Å². The fourth-order valence-corrected chi connectivity index (χ4v) is 3.35. The van der Waals surface area contributed by atoms with Gasteiger partial charge in [-0.2, -0.15) is 5.10 Å². The van der Waals surface area contributed by atoms with Gasteiger partial charge in [0, 0.05) is 24.1 Å². The molecule has 4 rings (SSSR count). The molecule has 1 aromatic heterocycles. The second-order valence-electron chi connectivity index (χ2n) is 6.79. The number of non-ortho nitro benzene ring substituents is 1. The first kappa shape index (κ1) is 18.9. The van der Waals surface area contributed by atoms with Gasteiger partial charge in [-0.3, -0.25) is 10.1 Å². The van der Waals surface area contributed by atoms with Gasteiger partial charge in [0.1, 0.15) is 0 Å². The minimum absolute atomic E-state index is 0.0127. The SMILES string of the molecule is COc1ccc(-c2cc(C)nn2-c2cccc([N+](=O)[O-])c2)cc1OC1CCCO1. The summed E-state index contributed by atoms with van der Waals surface area (Å²) in [5.74, 6) is 1.20. The van der Waals surface area contributed by atoms with E-state index in [-0.39, 0.29) is 12.0 Å². The van der Waals surface area contributed by atoms with Crippen LogP contribution >= 0.6 is 0 Å². The number of hydrogen-bond donors (Lipinski definition) is 0. The Morgan fingerprint density at radius 2 is 2.07 bits per heavy atom. The first-order chi connectivity index (χ1) is 14.0. The highest BCUT2D eigenvalue weighted by Crippen LogP contribution is 2.35. The van der Waals surface area contributed by atoms with Crippen molar-refractivity contribution in [2.24, 2.45) is 0 Å². The zero-order valence-electron chi connectivity index (χ0n) is 16.2. The van der Waals surface area contributed by atoms with Crippen molar-refractivity contribution in [2.75, 3.05) is 13.7 Å². The van der Waals surface area contributed by atoms with Gasteiger partial charge in [0.05, 0.1) is 35.7 Å². The summed E-state index contributed by atoms with van der Waals surface area (Å²) in [6.07, 6.45) is 1.51. The van der Waals surface area contributed by atoms with Crippen LogP contribution in [0.4, 0.5) is 5.69 Å². The Labute approximate surface area is 167 Å². The van der Waals surface area contributed by atoms with E-state index < -0.39 is 4.92 Å². The molecule has 1 atom stereocenters. The van der Waals surface area contributed by atoms with E-state index in [1.807, 2.05) is 31.2 Å². The van der Waals surface area contributed by atoms with Crippen LogP contribution in [-0.4, -0.2) is 34.7 Å². The number of aromatic nitrogens is 2. The number of methoxy groups -OCH3 is 1. The smallest absolute Gasteiger partial charge is 0.271 e. The molecule has 8 heteroatoms. The van der Waals surface area contributed by atoms with Crippen LogP contribution in [0, 0.1) is 17.0 Å². The van der Waals surface area contributed by atoms with E-state index in [1.54, 1.807) is 23.9 Å². The highest BCUT2D eigenvalue weighted by atomic mass is 16.7. The summed E-state index contributed by atoms with van der Waals surface area (Å²) >= 11 is 0. The third kappa shape index (κ3) is 3.93. The maximum atomic E-state index is 11.2. The predicted molar refractivity (Wildman–Crippen MR) is 107 cm³/mol. The molecule has 2 aromatic carbocycles. The Kier molecular flexibility index (Phi) is 5.18. The molecule has 1 aliphatic rings. The number of nitrogens with zero attached hydrogens (tertiary/aromatic N) is 3. The molecule has 0 saturated carbocycles. The van der Waals surface area contributed by atoms with E-state index in [9.17, 15) is 10.1 Å². The molecule has 29 heavy (non-hydrogen) atoms. The molecule has 150 valence electrons. The van der Waals surface area contributed by atoms with Crippen molar-refractivity contribution in [1.29, 1.82) is 0 Å². The lowest BCUT2D eigenvalue weighted by Crippen LogP contribution is -2.14. The highest BCUT2D eigenvalue weighted by Gasteiger charge is 2.20. The van der Waals surface area contributed by atoms with Crippen molar-refractivity contribution < 1.29 is 19.1 Å². The molecular formula is C21H21N3O5. The van der Waals surface area contributed by atoms with Gasteiger partial charge in [0.2, 0.25) is 0 Å². The van der Waals surface area contributed by atoms with Gasteiger partial charge in [0.25, 0.3) is 5.69 Å². The van der Waals surface area contributed by atoms with E-state index in [0.717, 1.165) is 29.8 Å². The van der Waals surface area contributed by atoms with Gasteiger partial charge in [-0.25, -0.2) is 4.68 Å². The van der Waals surface area contributed by atoms with Crippen molar-refractivity contribution in [3.05, 3.63) is 64.3 Å². The summed E-state index contributed by atoms with van der Waals surface area (Å²) in [5.41, 5.74) is 3.07. The van der Waals surface area contributed by atoms with Crippen LogP contribution in [-0.2, 0) is 4.74 Å². The molecular weight excluding hydrogens is 374 g/mol. The largest absolute Gasteiger partial charge is 0.493 e. The van der Waals surface area contributed by atoms with Crippen LogP contribution in [0.25, 0.3) is 16.9 Å². The average molecular weight is 395 g/mol. The first-order valence-corrected chi connectivity index (χ1v) is 9.33. The summed E-state index contributed by atoms with van der Waals surface area (Å²) in [6.45, 7) is 2.57. The number of nitro benzene ring substituents is 1. The van der Waals surface area contributed by atoms with Crippen LogP contribution in [0.3, 0.4) is 0 Å². The molecule has 1 aliphatic heterocycles. The third-order valence-corrected chi connectivity index (χ3v) is 4.72. The first-order valence-electron chi connectivity index (χ1n) is 9.33. The quantitative estimate of drug-likeness (QED) is 0.457. The van der Waals surface area contributed by atoms with Crippen molar-refractivity contribution >= 4 is 5.69 Å². The van der Waals surface area contributed by atoms with Crippen molar-refractivity contribution in [3.63, 3.8) is 0 Å². The minimum atomic E-state index is -0.416. The average Bonchev–Trinajstić information content (AvgIpc) is 3.37. The summed E-state index contributed by atoms with van der Waals surface area (Å²) in [6, 6.07) is 13.9. The predicted octanol–water partition coefficient (Wildman–Crippen LogP) is 4.28. The standard InChI is InChI=1S/C21H21N3O5/c1-14-11-18(23(22-14)16-5-3-6-17(13-16)24(25)26)15-8-9-19(27-2)20(12-15)29-21-7-4-10-28-21/h3,5-6,8-9,11-13,21H,4,7,10H2,1-2H3. The molecule has 8 nitrogen and oxygen atoms in total. The lowest BCUT2D eigenvalue weighted by atomic mass is 10.1. The van der Waals surface area contributed by atoms with Crippen LogP contribution in [0.5, 0.6) is 11.5 Å². The van der Waals surface area contributed by atoms with E-state index in [2.05, 4.69) is 5.10 Å². The zero-order valence-corrected chi connectivity index (χ0v) is 16.2. The second kappa shape index (κ2) is 7.92. The molecule has 1 unspecified atom stereocenters. The van der Waals surface area contributed by atoms with Gasteiger partial charge in [-0.05, 0) is 43.7 Å². The van der Waals surface area contributed by atoms with Crippen molar-refractivity contribution in [1.82, 2.24) is 9.78 Å². The number of nitro groups is 1. The lowest BCUT2D eigenvalue weighted by molar-refractivity contribution is -0.384. The summed E-state index contributed by atoms with van der Waals surface area (Å²) in [4.78, 5) is 10.7. The molecule has 0 aliphatic carbocycles. The van der Waals surface area contributed by atoms with Crippen molar-refractivity contribution in [3.8, 4) is 28.4 Å². The number of ether oxygens (including phenoxy) is 3. The zero-order chi connectivity index (χ0) is 20.4. The monoisotopic (exact) mass is 395 g/mol. The van der Waals surface area contributed by atoms with Crippen LogP contribution in [0.1, 0.15) is 18.5 Å². The van der Waals surface area contributed by atoms with Gasteiger partial charge in [0.15, 0.2) is 17.8 Å². The molecule has 2 heterocycles. The summed E-state index contributed by atoms with van der Waals surface area (Å²) in [5, 5.41) is 15.7. The fourth-order valence-electron chi connectivity index (χ4n) is 3.35. The molecule has 0 radical (unpaired) electrons. The van der Waals surface area contributed by atoms with Crippen LogP contribution in [0.15, 0.2) is 48.5 Å². The highest BCUT2D eigenvalue weighted by molar-refractivity contribution is 5.67. The third-order valence-electron chi connectivity index (χ3n) is 4.72. The molecule has 3 aromatic rings. The fraction of sp³-hybridized carbons (Fsp3) is 0.286.